The van der Waals surface area contributed by atoms with Crippen LogP contribution in [0.3, 0.4) is 0 Å². The number of benzene rings is 1. The minimum absolute atomic E-state index is 0.00609. The van der Waals surface area contributed by atoms with E-state index in [9.17, 15) is 23.6 Å². The van der Waals surface area contributed by atoms with Crippen molar-refractivity contribution in [2.24, 2.45) is 10.1 Å². The Kier molecular flexibility index (Phi) is 15.5. The van der Waals surface area contributed by atoms with Crippen molar-refractivity contribution in [3.63, 3.8) is 0 Å². The summed E-state index contributed by atoms with van der Waals surface area (Å²) in [4.78, 5) is 73.3. The molecule has 2 aliphatic heterocycles. The number of aliphatic imine (C=N–C) groups is 1. The van der Waals surface area contributed by atoms with Crippen LogP contribution >= 0.6 is 23.3 Å². The van der Waals surface area contributed by atoms with Crippen LogP contribution in [0.15, 0.2) is 64.0 Å². The molecule has 23 heteroatoms. The second-order valence-corrected chi connectivity index (χ2v) is 16.8. The molecular formula is C38H48BFN11O8S2+. The van der Waals surface area contributed by atoms with E-state index in [-0.39, 0.29) is 35.6 Å². The normalized spacial score (nSPS) is 16.4. The molecule has 324 valence electrons. The number of nitrogens with one attached hydrogen (secondary N) is 1. The number of hydrogen-bond donors (Lipinski definition) is 2. The van der Waals surface area contributed by atoms with Gasteiger partial charge in [-0.05, 0) is 62.0 Å². The largest absolute Gasteiger partial charge is 0.497 e. The number of halogens is 1. The number of nitrogens with two attached hydrogens (primary N) is 1. The Morgan fingerprint density at radius 1 is 1.16 bits per heavy atom. The number of aromatic nitrogens is 3. The number of ether oxygens (including phenoxy) is 3. The lowest BCUT2D eigenvalue weighted by molar-refractivity contribution is -0.675. The molecule has 0 aliphatic carbocycles. The number of β-lactam (4-membered cyclic amide) rings is 1. The lowest BCUT2D eigenvalue weighted by atomic mass is 10.0. The highest BCUT2D eigenvalue weighted by atomic mass is 32.2. The van der Waals surface area contributed by atoms with Crippen molar-refractivity contribution >= 4 is 83.8 Å². The Morgan fingerprint density at radius 2 is 1.90 bits per heavy atom. The van der Waals surface area contributed by atoms with Crippen molar-refractivity contribution in [1.82, 2.24) is 29.4 Å². The molecule has 3 amide bonds. The molecule has 0 bridgehead atoms. The Morgan fingerprint density at radius 3 is 2.54 bits per heavy atom. The van der Waals surface area contributed by atoms with Crippen molar-refractivity contribution in [1.29, 1.82) is 0 Å². The van der Waals surface area contributed by atoms with Gasteiger partial charge in [-0.2, -0.15) is 9.36 Å². The first-order valence-corrected chi connectivity index (χ1v) is 20.7. The van der Waals surface area contributed by atoms with E-state index in [2.05, 4.69) is 24.7 Å². The molecule has 3 aromatic rings. The lowest BCUT2D eigenvalue weighted by Crippen LogP contribution is -2.71. The topological polar surface area (TPSA) is 211 Å². The van der Waals surface area contributed by atoms with Gasteiger partial charge in [0.1, 0.15) is 47.3 Å². The highest BCUT2D eigenvalue weighted by Crippen LogP contribution is 2.41. The highest BCUT2D eigenvalue weighted by Gasteiger charge is 2.55. The minimum Gasteiger partial charge on any atom is -0.497 e. The Bertz CT molecular complexity index is 2170. The molecule has 1 aromatic carbocycles. The minimum atomic E-state index is -1.33. The van der Waals surface area contributed by atoms with E-state index in [1.54, 1.807) is 93.3 Å². The van der Waals surface area contributed by atoms with Crippen LogP contribution in [0, 0.1) is 0 Å². The number of carbonyl (C=O) groups excluding carboxylic acids is 4. The smallest absolute Gasteiger partial charge is 0.410 e. The van der Waals surface area contributed by atoms with E-state index in [1.807, 2.05) is 14.1 Å². The van der Waals surface area contributed by atoms with Crippen LogP contribution in [-0.2, 0) is 41.8 Å². The van der Waals surface area contributed by atoms with Gasteiger partial charge in [0.25, 0.3) is 18.7 Å². The summed E-state index contributed by atoms with van der Waals surface area (Å²) in [5, 5.41) is 5.41. The van der Waals surface area contributed by atoms with Crippen LogP contribution in [-0.4, -0.2) is 139 Å². The third kappa shape index (κ3) is 11.9. The fourth-order valence-electron chi connectivity index (χ4n) is 5.97. The molecule has 4 heterocycles. The Hall–Kier alpha value is -5.97. The van der Waals surface area contributed by atoms with Gasteiger partial charge in [-0.15, -0.1) is 11.8 Å². The Balaban J connectivity index is 1.43. The van der Waals surface area contributed by atoms with Gasteiger partial charge in [0.05, 0.1) is 13.3 Å². The second-order valence-electron chi connectivity index (χ2n) is 14.9. The number of rotatable bonds is 18. The summed E-state index contributed by atoms with van der Waals surface area (Å²) in [6.07, 6.45) is 3.45. The standard InChI is InChI=1S/C38H47BFN11O8S2/c1-38(2,3)59-37(55)48(6)15-9-17-50(39)26-10-8-16-49(31(26)42-22-47(4)5)18-24-20-60-34-28(43-32(52)27(45-58-21-40)30-44-36(41)61-46-30)33(53)51(34)29(24)35(54)57-19-23-11-13-25(56-7)14-12-23/h8,10-14,16,22,28,34H,9,15,17-21H2,1-7H3,(H2-,41,43,44,46,52)/p+1/b45-27+. The molecule has 3 N–H and O–H groups in total. The number of methoxy groups -OCH3 is 1. The number of oxime groups is 1. The number of amides is 3. The summed E-state index contributed by atoms with van der Waals surface area (Å²) in [5.74, 6) is -1.19. The molecular weight excluding hydrogens is 832 g/mol. The number of thioether (sulfide) groups is 1. The highest BCUT2D eigenvalue weighted by molar-refractivity contribution is 8.00. The maximum atomic E-state index is 14.1. The summed E-state index contributed by atoms with van der Waals surface area (Å²) in [6, 6.07) is 9.45. The van der Waals surface area contributed by atoms with Gasteiger partial charge in [0, 0.05) is 57.1 Å². The van der Waals surface area contributed by atoms with Gasteiger partial charge in [0.15, 0.2) is 5.13 Å². The average molecular weight is 881 g/mol. The Labute approximate surface area is 362 Å². The van der Waals surface area contributed by atoms with Gasteiger partial charge in [0.2, 0.25) is 25.9 Å². The molecule has 1 saturated heterocycles. The predicted molar refractivity (Wildman–Crippen MR) is 228 cm³/mol. The molecule has 61 heavy (non-hydrogen) atoms. The first-order valence-electron chi connectivity index (χ1n) is 18.8. The molecule has 0 saturated carbocycles. The van der Waals surface area contributed by atoms with Crippen LogP contribution in [0.5, 0.6) is 5.75 Å². The molecule has 2 aromatic heterocycles. The maximum absolute atomic E-state index is 14.1. The molecule has 2 aliphatic rings. The first kappa shape index (κ1) is 46.1. The number of alkyl halides is 1. The summed E-state index contributed by atoms with van der Waals surface area (Å²) in [5.41, 5.74) is 6.34. The van der Waals surface area contributed by atoms with Crippen LogP contribution < -0.4 is 25.2 Å². The summed E-state index contributed by atoms with van der Waals surface area (Å²) < 4.78 is 35.2. The number of pyridine rings is 1. The molecule has 5 rings (SSSR count). The summed E-state index contributed by atoms with van der Waals surface area (Å²) >= 11 is 2.10. The van der Waals surface area contributed by atoms with E-state index < -0.39 is 53.5 Å². The predicted octanol–water partition coefficient (Wildman–Crippen LogP) is 2.53. The summed E-state index contributed by atoms with van der Waals surface area (Å²) in [6.45, 7) is 4.77. The first-order chi connectivity index (χ1) is 29.0. The molecule has 19 nitrogen and oxygen atoms in total. The fraction of sp³-hybridized carbons (Fsp3) is 0.447. The van der Waals surface area contributed by atoms with Crippen molar-refractivity contribution < 1.29 is 47.2 Å². The number of esters is 1. The number of nitrogens with zero attached hydrogens (tertiary/aromatic N) is 9. The van der Waals surface area contributed by atoms with E-state index in [0.29, 0.717) is 47.9 Å². The quantitative estimate of drug-likeness (QED) is 0.0358. The number of carbonyl (C=O) groups is 4. The summed E-state index contributed by atoms with van der Waals surface area (Å²) in [7, 11) is 13.5. The third-order valence-electron chi connectivity index (χ3n) is 8.83. The molecule has 2 radical (unpaired) electrons. The van der Waals surface area contributed by atoms with Gasteiger partial charge >= 0.3 is 17.9 Å². The van der Waals surface area contributed by atoms with Crippen LogP contribution in [0.4, 0.5) is 25.8 Å². The maximum Gasteiger partial charge on any atom is 0.410 e. The molecule has 1 fully saturated rings. The van der Waals surface area contributed by atoms with E-state index in [0.717, 1.165) is 11.5 Å². The van der Waals surface area contributed by atoms with Gasteiger partial charge < -0.3 is 44.7 Å². The SMILES string of the molecule is [B]N(CCCN(C)C(=O)OC(C)(C)C)c1ccc[n+](CC2=C(C(=O)OCc3ccc(OC)cc3)N3C(=O)C(NC(=O)/C(=N/OCF)c4nsc(N)n4)C3SC2)c1N=CN(C)C. The zero-order valence-electron chi connectivity index (χ0n) is 34.9. The molecule has 2 unspecified atom stereocenters. The van der Waals surface area contributed by atoms with E-state index in [1.165, 1.54) is 26.4 Å². The lowest BCUT2D eigenvalue weighted by Gasteiger charge is -2.49. The van der Waals surface area contributed by atoms with Gasteiger partial charge in [-0.25, -0.2) is 18.5 Å². The van der Waals surface area contributed by atoms with Crippen molar-refractivity contribution in [3.8, 4) is 5.75 Å². The van der Waals surface area contributed by atoms with E-state index >= 15 is 0 Å². The van der Waals surface area contributed by atoms with Crippen LogP contribution in [0.25, 0.3) is 0 Å². The zero-order valence-corrected chi connectivity index (χ0v) is 36.5. The third-order valence-corrected chi connectivity index (χ3v) is 10.7. The van der Waals surface area contributed by atoms with E-state index in [4.69, 9.17) is 32.9 Å². The second kappa shape index (κ2) is 20.5. The fourth-order valence-corrected chi connectivity index (χ4v) is 7.74. The monoisotopic (exact) mass is 880 g/mol. The number of nitrogen functional groups attached to an aromatic ring is 1. The number of fused-ring (bicyclic) bond motifs is 1. The van der Waals surface area contributed by atoms with Crippen molar-refractivity contribution in [3.05, 3.63) is 65.3 Å². The van der Waals surface area contributed by atoms with Gasteiger partial charge in [-0.3, -0.25) is 14.5 Å². The number of hydrogen-bond acceptors (Lipinski definition) is 16. The number of anilines is 2. The van der Waals surface area contributed by atoms with Gasteiger partial charge in [-0.1, -0.05) is 17.3 Å². The van der Waals surface area contributed by atoms with Crippen LogP contribution in [0.1, 0.15) is 38.6 Å². The molecule has 0 spiro atoms. The van der Waals surface area contributed by atoms with Crippen LogP contribution in [0.2, 0.25) is 0 Å². The zero-order chi connectivity index (χ0) is 44.4. The average Bonchev–Trinajstić information content (AvgIpc) is 3.65. The molecule has 2 atom stereocenters. The van der Waals surface area contributed by atoms with Crippen molar-refractivity contribution in [2.75, 3.05) is 64.5 Å². The van der Waals surface area contributed by atoms with Crippen molar-refractivity contribution in [2.45, 2.75) is 57.4 Å².